The molecule has 0 aliphatic carbocycles. The number of nitrogen functional groups attached to an aromatic ring is 1. The number of rotatable bonds is 16. The fraction of sp³-hybridized carbons (Fsp3) is 0.250. The Labute approximate surface area is 337 Å². The van der Waals surface area contributed by atoms with E-state index in [2.05, 4.69) is 19.9 Å². The number of carboxylic acid groups (broad SMARTS) is 1. The van der Waals surface area contributed by atoms with Crippen LogP contribution in [0.3, 0.4) is 0 Å². The second-order valence-corrected chi connectivity index (χ2v) is 14.1. The number of thiophene rings is 1. The SMILES string of the molecule is CCOC(=O)[C@@H](Cc1cc(CC(=O)O)ccc1OCc1ccnc(OCCC(F)(F)F)n1)Oc1ncnc2sc(-c3ccc(F)cc3)c(-c3ccc(N)c(Cl)c3C)c12. The molecule has 3 aromatic heterocycles. The van der Waals surface area contributed by atoms with Crippen LogP contribution < -0.4 is 19.9 Å². The zero-order valence-electron chi connectivity index (χ0n) is 30.8. The molecule has 12 nitrogen and oxygen atoms in total. The molecule has 0 unspecified atom stereocenters. The van der Waals surface area contributed by atoms with Gasteiger partial charge in [0.15, 0.2) is 0 Å². The molecule has 0 radical (unpaired) electrons. The Kier molecular flexibility index (Phi) is 12.9. The Morgan fingerprint density at radius 1 is 1.02 bits per heavy atom. The number of nitrogens with zero attached hydrogens (tertiary/aromatic N) is 4. The molecule has 1 atom stereocenters. The van der Waals surface area contributed by atoms with Crippen LogP contribution in [0.2, 0.25) is 5.02 Å². The summed E-state index contributed by atoms with van der Waals surface area (Å²) in [6.45, 7) is 2.55. The van der Waals surface area contributed by atoms with Crippen LogP contribution in [0, 0.1) is 12.7 Å². The molecule has 0 bridgehead atoms. The molecule has 0 amide bonds. The maximum atomic E-state index is 14.1. The van der Waals surface area contributed by atoms with Crippen molar-refractivity contribution >= 4 is 50.8 Å². The minimum Gasteiger partial charge on any atom is -0.487 e. The molecule has 58 heavy (non-hydrogen) atoms. The van der Waals surface area contributed by atoms with Gasteiger partial charge in [0.25, 0.3) is 0 Å². The number of anilines is 1. The number of alkyl halides is 3. The molecule has 3 aromatic carbocycles. The Hall–Kier alpha value is -6.07. The standard InChI is InChI=1S/C40H34ClF4N5O7S/c1-3-54-38(53)30(18-24-16-22(17-31(51)52)4-11-29(24)56-19-26-12-14-47-39(50-26)55-15-13-40(43,44)45)57-36-33-32(27-9-10-28(46)34(41)21(27)2)35(58-37(33)49-20-48-36)23-5-7-25(42)8-6-23/h4-12,14,16,20,30H,3,13,15,17-19,46H2,1-2H3,(H,51,52)/t30-/m1/s1. The highest BCUT2D eigenvalue weighted by Crippen LogP contribution is 2.49. The van der Waals surface area contributed by atoms with Crippen molar-refractivity contribution in [1.82, 2.24) is 19.9 Å². The number of nitrogens with two attached hydrogens (primary N) is 1. The van der Waals surface area contributed by atoms with Crippen molar-refractivity contribution in [2.45, 2.75) is 52.0 Å². The van der Waals surface area contributed by atoms with E-state index in [4.69, 9.17) is 36.3 Å². The van der Waals surface area contributed by atoms with Crippen molar-refractivity contribution in [1.29, 1.82) is 0 Å². The predicted molar refractivity (Wildman–Crippen MR) is 207 cm³/mol. The highest BCUT2D eigenvalue weighted by molar-refractivity contribution is 7.22. The third-order valence-corrected chi connectivity index (χ3v) is 10.3. The van der Waals surface area contributed by atoms with E-state index in [9.17, 15) is 32.3 Å². The summed E-state index contributed by atoms with van der Waals surface area (Å²) in [5.74, 6) is -2.05. The topological polar surface area (TPSA) is 169 Å². The quantitative estimate of drug-likeness (QED) is 0.0542. The molecular formula is C40H34ClF4N5O7S. The van der Waals surface area contributed by atoms with Gasteiger partial charge in [-0.05, 0) is 72.0 Å². The summed E-state index contributed by atoms with van der Waals surface area (Å²) in [5, 5.41) is 10.3. The molecule has 0 fully saturated rings. The van der Waals surface area contributed by atoms with Crippen LogP contribution in [0.25, 0.3) is 31.8 Å². The molecule has 302 valence electrons. The number of halogens is 5. The van der Waals surface area contributed by atoms with Crippen LogP contribution in [-0.2, 0) is 33.8 Å². The normalized spacial score (nSPS) is 12.0. The maximum absolute atomic E-state index is 14.1. The number of ether oxygens (including phenoxy) is 4. The molecule has 18 heteroatoms. The van der Waals surface area contributed by atoms with Crippen molar-refractivity contribution in [3.05, 3.63) is 106 Å². The molecule has 0 saturated heterocycles. The number of benzene rings is 3. The largest absolute Gasteiger partial charge is 0.487 e. The Morgan fingerprint density at radius 2 is 1.79 bits per heavy atom. The second kappa shape index (κ2) is 18.0. The smallest absolute Gasteiger partial charge is 0.392 e. The van der Waals surface area contributed by atoms with E-state index >= 15 is 0 Å². The van der Waals surface area contributed by atoms with E-state index in [1.165, 1.54) is 48.1 Å². The van der Waals surface area contributed by atoms with Crippen LogP contribution >= 0.6 is 22.9 Å². The van der Waals surface area contributed by atoms with Gasteiger partial charge < -0.3 is 29.8 Å². The first-order valence-electron chi connectivity index (χ1n) is 17.6. The molecule has 6 rings (SSSR count). The van der Waals surface area contributed by atoms with Crippen molar-refractivity contribution in [3.63, 3.8) is 0 Å². The molecule has 0 saturated carbocycles. The number of fused-ring (bicyclic) bond motifs is 1. The van der Waals surface area contributed by atoms with Gasteiger partial charge in [-0.25, -0.2) is 24.1 Å². The van der Waals surface area contributed by atoms with Gasteiger partial charge in [-0.2, -0.15) is 18.2 Å². The predicted octanol–water partition coefficient (Wildman–Crippen LogP) is 8.59. The molecule has 3 heterocycles. The average molecular weight is 840 g/mol. The third kappa shape index (κ3) is 10.1. The first-order valence-corrected chi connectivity index (χ1v) is 18.8. The van der Waals surface area contributed by atoms with Gasteiger partial charge in [0.1, 0.15) is 35.9 Å². The third-order valence-electron chi connectivity index (χ3n) is 8.62. The number of carbonyl (C=O) groups is 2. The first-order chi connectivity index (χ1) is 27.7. The summed E-state index contributed by atoms with van der Waals surface area (Å²) < 4.78 is 75.0. The Morgan fingerprint density at radius 3 is 2.52 bits per heavy atom. The van der Waals surface area contributed by atoms with Gasteiger partial charge in [-0.1, -0.05) is 41.9 Å². The molecule has 3 N–H and O–H groups in total. The van der Waals surface area contributed by atoms with E-state index < -0.39 is 43.1 Å². The summed E-state index contributed by atoms with van der Waals surface area (Å²) in [7, 11) is 0. The Balaban J connectivity index is 1.39. The van der Waals surface area contributed by atoms with E-state index in [0.29, 0.717) is 59.2 Å². The fourth-order valence-corrected chi connectivity index (χ4v) is 7.25. The summed E-state index contributed by atoms with van der Waals surface area (Å²) >= 11 is 7.93. The molecule has 0 aliphatic rings. The van der Waals surface area contributed by atoms with Gasteiger partial charge in [0.2, 0.25) is 12.0 Å². The summed E-state index contributed by atoms with van der Waals surface area (Å²) in [6.07, 6.45) is -4.93. The number of aromatic nitrogens is 4. The summed E-state index contributed by atoms with van der Waals surface area (Å²) in [4.78, 5) is 43.5. The van der Waals surface area contributed by atoms with Crippen molar-refractivity contribution in [2.75, 3.05) is 18.9 Å². The van der Waals surface area contributed by atoms with Gasteiger partial charge in [0.05, 0.1) is 41.2 Å². The van der Waals surface area contributed by atoms with Crippen LogP contribution in [0.15, 0.2) is 73.2 Å². The molecular weight excluding hydrogens is 806 g/mol. The maximum Gasteiger partial charge on any atom is 0.392 e. The lowest BCUT2D eigenvalue weighted by molar-refractivity contribution is -0.151. The minimum absolute atomic E-state index is 0.00290. The number of aliphatic carboxylic acids is 1. The van der Waals surface area contributed by atoms with E-state index in [-0.39, 0.29) is 49.4 Å². The Bertz CT molecular complexity index is 2450. The zero-order valence-corrected chi connectivity index (χ0v) is 32.4. The van der Waals surface area contributed by atoms with E-state index in [1.807, 2.05) is 0 Å². The van der Waals surface area contributed by atoms with Crippen molar-refractivity contribution in [3.8, 4) is 39.2 Å². The highest BCUT2D eigenvalue weighted by Gasteiger charge is 2.30. The number of esters is 1. The van der Waals surface area contributed by atoms with E-state index in [1.54, 1.807) is 50.2 Å². The van der Waals surface area contributed by atoms with Crippen LogP contribution in [-0.4, -0.2) is 62.5 Å². The van der Waals surface area contributed by atoms with Crippen molar-refractivity contribution < 1.29 is 51.2 Å². The van der Waals surface area contributed by atoms with E-state index in [0.717, 1.165) is 0 Å². The van der Waals surface area contributed by atoms with Gasteiger partial charge in [-0.15, -0.1) is 11.3 Å². The van der Waals surface area contributed by atoms with Crippen LogP contribution in [0.4, 0.5) is 23.2 Å². The number of hydrogen-bond acceptors (Lipinski definition) is 12. The highest BCUT2D eigenvalue weighted by atomic mass is 35.5. The number of carbonyl (C=O) groups excluding carboxylic acids is 1. The number of carboxylic acids is 1. The van der Waals surface area contributed by atoms with Gasteiger partial charge >= 0.3 is 24.1 Å². The van der Waals surface area contributed by atoms with Crippen LogP contribution in [0.5, 0.6) is 17.6 Å². The van der Waals surface area contributed by atoms with Crippen LogP contribution in [0.1, 0.15) is 35.7 Å². The molecule has 6 aromatic rings. The summed E-state index contributed by atoms with van der Waals surface area (Å²) in [6, 6.07) is 15.2. The zero-order chi connectivity index (χ0) is 41.6. The lowest BCUT2D eigenvalue weighted by atomic mass is 9.95. The number of hydrogen-bond donors (Lipinski definition) is 2. The molecule has 0 aliphatic heterocycles. The lowest BCUT2D eigenvalue weighted by Crippen LogP contribution is -2.32. The fourth-order valence-electron chi connectivity index (χ4n) is 5.93. The average Bonchev–Trinajstić information content (AvgIpc) is 3.56. The monoisotopic (exact) mass is 839 g/mol. The van der Waals surface area contributed by atoms with Gasteiger partial charge in [-0.3, -0.25) is 4.79 Å². The molecule has 0 spiro atoms. The summed E-state index contributed by atoms with van der Waals surface area (Å²) in [5.41, 5.74) is 10.1. The van der Waals surface area contributed by atoms with Crippen molar-refractivity contribution in [2.24, 2.45) is 0 Å². The van der Waals surface area contributed by atoms with Gasteiger partial charge in [0, 0.05) is 23.1 Å². The second-order valence-electron chi connectivity index (χ2n) is 12.7. The first kappa shape index (κ1) is 41.6. The minimum atomic E-state index is -4.42. The lowest BCUT2D eigenvalue weighted by Gasteiger charge is -2.20.